The van der Waals surface area contributed by atoms with Crippen LogP contribution >= 0.6 is 24.2 Å². The van der Waals surface area contributed by atoms with Gasteiger partial charge in [-0.3, -0.25) is 0 Å². The Bertz CT molecular complexity index is 1190. The molecule has 4 aromatic rings. The summed E-state index contributed by atoms with van der Waals surface area (Å²) in [5.74, 6) is -0.238. The standard InChI is InChI=1S/C16H15ClFN3.C7H6F2OS/c1-19-8-10-9-20-16-7-12(3-4-13(10)16)21-15-5-2-11(17)6-14(15)18;8-7(9)10-5-2-1-3-6(11)4-5/h2-7,9,19-21H,8H2,1H3;1-4,7,11H. The van der Waals surface area contributed by atoms with Gasteiger partial charge in [-0.25, -0.2) is 4.39 Å². The summed E-state index contributed by atoms with van der Waals surface area (Å²) in [6, 6.07) is 16.7. The Balaban J connectivity index is 0.000000222. The Labute approximate surface area is 194 Å². The zero-order chi connectivity index (χ0) is 23.1. The summed E-state index contributed by atoms with van der Waals surface area (Å²) in [5, 5.41) is 7.74. The van der Waals surface area contributed by atoms with Gasteiger partial charge in [0.1, 0.15) is 11.6 Å². The molecule has 0 unspecified atom stereocenters. The first-order valence-corrected chi connectivity index (χ1v) is 10.4. The van der Waals surface area contributed by atoms with Crippen LogP contribution in [0.3, 0.4) is 0 Å². The van der Waals surface area contributed by atoms with Crippen LogP contribution in [0.2, 0.25) is 5.02 Å². The van der Waals surface area contributed by atoms with Crippen molar-refractivity contribution < 1.29 is 17.9 Å². The minimum atomic E-state index is -2.77. The second-order valence-electron chi connectivity index (χ2n) is 6.73. The molecule has 0 atom stereocenters. The quantitative estimate of drug-likeness (QED) is 0.225. The molecule has 0 aliphatic heterocycles. The Morgan fingerprint density at radius 3 is 2.59 bits per heavy atom. The van der Waals surface area contributed by atoms with Gasteiger partial charge in [0.15, 0.2) is 0 Å². The van der Waals surface area contributed by atoms with Crippen LogP contribution in [0.1, 0.15) is 5.56 Å². The van der Waals surface area contributed by atoms with Gasteiger partial charge in [0, 0.05) is 39.3 Å². The smallest absolute Gasteiger partial charge is 0.387 e. The molecule has 0 spiro atoms. The highest BCUT2D eigenvalue weighted by atomic mass is 35.5. The Morgan fingerprint density at radius 1 is 1.09 bits per heavy atom. The third-order valence-corrected chi connectivity index (χ3v) is 4.90. The van der Waals surface area contributed by atoms with Crippen molar-refractivity contribution in [2.45, 2.75) is 18.1 Å². The molecule has 1 aromatic heterocycles. The van der Waals surface area contributed by atoms with Crippen molar-refractivity contribution in [2.75, 3.05) is 12.4 Å². The molecule has 4 rings (SSSR count). The monoisotopic (exact) mass is 479 g/mol. The van der Waals surface area contributed by atoms with Gasteiger partial charge in [0.2, 0.25) is 0 Å². The molecule has 4 nitrogen and oxygen atoms in total. The van der Waals surface area contributed by atoms with Crippen LogP contribution in [-0.4, -0.2) is 18.6 Å². The summed E-state index contributed by atoms with van der Waals surface area (Å²) in [7, 11) is 1.91. The molecule has 168 valence electrons. The number of nitrogens with one attached hydrogen (secondary N) is 3. The molecule has 0 saturated heterocycles. The molecule has 0 radical (unpaired) electrons. The van der Waals surface area contributed by atoms with Gasteiger partial charge in [0.05, 0.1) is 5.69 Å². The first-order chi connectivity index (χ1) is 15.4. The lowest BCUT2D eigenvalue weighted by molar-refractivity contribution is -0.0499. The van der Waals surface area contributed by atoms with Crippen molar-refractivity contribution in [1.82, 2.24) is 10.3 Å². The summed E-state index contributed by atoms with van der Waals surface area (Å²) in [4.78, 5) is 3.83. The fourth-order valence-corrected chi connectivity index (χ4v) is 3.38. The number of hydrogen-bond acceptors (Lipinski definition) is 4. The third-order valence-electron chi connectivity index (χ3n) is 4.39. The summed E-state index contributed by atoms with van der Waals surface area (Å²) in [6.45, 7) is -1.97. The predicted molar refractivity (Wildman–Crippen MR) is 126 cm³/mol. The molecule has 1 heterocycles. The fraction of sp³-hybridized carbons (Fsp3) is 0.130. The number of benzene rings is 3. The van der Waals surface area contributed by atoms with Crippen LogP contribution in [0.5, 0.6) is 5.75 Å². The van der Waals surface area contributed by atoms with Gasteiger partial charge in [-0.15, -0.1) is 12.6 Å². The molecule has 3 aromatic carbocycles. The van der Waals surface area contributed by atoms with E-state index in [0.717, 1.165) is 23.1 Å². The first kappa shape index (κ1) is 23.8. The topological polar surface area (TPSA) is 49.1 Å². The molecule has 0 aliphatic rings. The van der Waals surface area contributed by atoms with Gasteiger partial charge in [-0.05, 0) is 61.1 Å². The Hall–Kier alpha value is -2.81. The Kier molecular flexibility index (Phi) is 8.33. The lowest BCUT2D eigenvalue weighted by Crippen LogP contribution is -2.03. The van der Waals surface area contributed by atoms with E-state index in [2.05, 4.69) is 33.0 Å². The van der Waals surface area contributed by atoms with E-state index in [1.165, 1.54) is 23.8 Å². The number of ether oxygens (including phenoxy) is 1. The van der Waals surface area contributed by atoms with E-state index >= 15 is 0 Å². The number of fused-ring (bicyclic) bond motifs is 1. The minimum absolute atomic E-state index is 0.132. The van der Waals surface area contributed by atoms with Crippen LogP contribution in [0.4, 0.5) is 24.5 Å². The molecule has 0 fully saturated rings. The molecule has 3 N–H and O–H groups in total. The number of aromatic amines is 1. The van der Waals surface area contributed by atoms with Crippen LogP contribution < -0.4 is 15.4 Å². The lowest BCUT2D eigenvalue weighted by atomic mass is 10.1. The van der Waals surface area contributed by atoms with Crippen molar-refractivity contribution in [2.24, 2.45) is 0 Å². The van der Waals surface area contributed by atoms with Gasteiger partial charge < -0.3 is 20.4 Å². The van der Waals surface area contributed by atoms with Crippen LogP contribution in [0.15, 0.2) is 71.8 Å². The summed E-state index contributed by atoms with van der Waals surface area (Å²) < 4.78 is 41.1. The van der Waals surface area contributed by atoms with Crippen LogP contribution in [0.25, 0.3) is 10.9 Å². The molecule has 9 heteroatoms. The van der Waals surface area contributed by atoms with E-state index < -0.39 is 6.61 Å². The van der Waals surface area contributed by atoms with Crippen molar-refractivity contribution >= 4 is 46.5 Å². The number of hydrogen-bond donors (Lipinski definition) is 4. The SMILES string of the molecule is CNCc1c[nH]c2cc(Nc3ccc(Cl)cc3F)ccc12.FC(F)Oc1cccc(S)c1. The molecular formula is C23H21ClF3N3OS. The zero-order valence-corrected chi connectivity index (χ0v) is 18.7. The summed E-state index contributed by atoms with van der Waals surface area (Å²) in [5.41, 5.74) is 3.44. The number of thiol groups is 1. The number of halogens is 4. The van der Waals surface area contributed by atoms with E-state index in [-0.39, 0.29) is 11.6 Å². The maximum absolute atomic E-state index is 13.8. The van der Waals surface area contributed by atoms with Gasteiger partial charge >= 0.3 is 6.61 Å². The molecular weight excluding hydrogens is 459 g/mol. The highest BCUT2D eigenvalue weighted by molar-refractivity contribution is 7.80. The molecule has 0 amide bonds. The maximum Gasteiger partial charge on any atom is 0.387 e. The largest absolute Gasteiger partial charge is 0.435 e. The summed E-state index contributed by atoms with van der Waals surface area (Å²) >= 11 is 9.70. The maximum atomic E-state index is 13.8. The lowest BCUT2D eigenvalue weighted by Gasteiger charge is -2.08. The average Bonchev–Trinajstić information content (AvgIpc) is 3.13. The molecule has 0 bridgehead atoms. The van der Waals surface area contributed by atoms with E-state index in [0.29, 0.717) is 15.6 Å². The fourth-order valence-electron chi connectivity index (χ4n) is 3.01. The van der Waals surface area contributed by atoms with E-state index in [1.807, 2.05) is 31.4 Å². The minimum Gasteiger partial charge on any atom is -0.435 e. The number of alkyl halides is 2. The van der Waals surface area contributed by atoms with E-state index in [1.54, 1.807) is 24.3 Å². The second kappa shape index (κ2) is 11.2. The van der Waals surface area contributed by atoms with E-state index in [4.69, 9.17) is 11.6 Å². The third kappa shape index (κ3) is 6.59. The van der Waals surface area contributed by atoms with Crippen molar-refractivity contribution in [3.63, 3.8) is 0 Å². The van der Waals surface area contributed by atoms with Crippen molar-refractivity contribution in [3.05, 3.63) is 83.3 Å². The van der Waals surface area contributed by atoms with Gasteiger partial charge in [0.25, 0.3) is 0 Å². The predicted octanol–water partition coefficient (Wildman–Crippen LogP) is 7.00. The van der Waals surface area contributed by atoms with Crippen molar-refractivity contribution in [1.29, 1.82) is 0 Å². The molecule has 32 heavy (non-hydrogen) atoms. The number of anilines is 2. The van der Waals surface area contributed by atoms with Crippen LogP contribution in [-0.2, 0) is 6.54 Å². The van der Waals surface area contributed by atoms with Crippen LogP contribution in [0, 0.1) is 5.82 Å². The first-order valence-electron chi connectivity index (χ1n) is 9.56. The van der Waals surface area contributed by atoms with E-state index in [9.17, 15) is 13.2 Å². The summed E-state index contributed by atoms with van der Waals surface area (Å²) in [6.07, 6.45) is 1.98. The van der Waals surface area contributed by atoms with Gasteiger partial charge in [-0.2, -0.15) is 8.78 Å². The Morgan fingerprint density at radius 2 is 1.91 bits per heavy atom. The number of H-pyrrole nitrogens is 1. The normalized spacial score (nSPS) is 10.7. The van der Waals surface area contributed by atoms with Crippen molar-refractivity contribution in [3.8, 4) is 5.75 Å². The number of rotatable bonds is 6. The second-order valence-corrected chi connectivity index (χ2v) is 7.68. The van der Waals surface area contributed by atoms with Gasteiger partial charge in [-0.1, -0.05) is 23.7 Å². The highest BCUT2D eigenvalue weighted by Crippen LogP contribution is 2.26. The number of aromatic nitrogens is 1. The highest BCUT2D eigenvalue weighted by Gasteiger charge is 2.07. The molecule has 0 saturated carbocycles. The average molecular weight is 480 g/mol. The molecule has 0 aliphatic carbocycles. The zero-order valence-electron chi connectivity index (χ0n) is 17.0.